The lowest BCUT2D eigenvalue weighted by molar-refractivity contribution is -0.127. The van der Waals surface area contributed by atoms with E-state index in [0.29, 0.717) is 27.5 Å². The Bertz CT molecular complexity index is 2130. The summed E-state index contributed by atoms with van der Waals surface area (Å²) in [6.07, 6.45) is 2.38. The zero-order chi connectivity index (χ0) is 35.8. The highest BCUT2D eigenvalue weighted by molar-refractivity contribution is 14.1. The number of phenols is 1. The Balaban J connectivity index is 1.40. The molecule has 4 aromatic carbocycles. The zero-order valence-corrected chi connectivity index (χ0v) is 30.5. The molecule has 8 rings (SSSR count). The van der Waals surface area contributed by atoms with E-state index < -0.39 is 46.8 Å². The lowest BCUT2D eigenvalue weighted by atomic mass is 9.49. The summed E-state index contributed by atoms with van der Waals surface area (Å²) in [5, 5.41) is 11.1. The van der Waals surface area contributed by atoms with Crippen LogP contribution in [0.25, 0.3) is 0 Å². The molecule has 3 fully saturated rings. The van der Waals surface area contributed by atoms with Crippen LogP contribution < -0.4 is 19.3 Å². The molecule has 9 nitrogen and oxygen atoms in total. The van der Waals surface area contributed by atoms with E-state index in [0.717, 1.165) is 9.14 Å². The predicted molar refractivity (Wildman–Crippen MR) is 199 cm³/mol. The monoisotopic (exact) mass is 814 g/mol. The van der Waals surface area contributed by atoms with Gasteiger partial charge < -0.3 is 14.6 Å². The Morgan fingerprint density at radius 1 is 0.784 bits per heavy atom. The van der Waals surface area contributed by atoms with Crippen molar-refractivity contribution in [3.63, 3.8) is 0 Å². The van der Waals surface area contributed by atoms with Gasteiger partial charge in [0.25, 0.3) is 0 Å². The number of phenolic OH excluding ortho intramolecular Hbond substituents is 1. The number of anilines is 2. The molecule has 2 aliphatic heterocycles. The molecule has 2 aliphatic carbocycles. The molecule has 0 bridgehead atoms. The first-order valence-corrected chi connectivity index (χ1v) is 18.0. The third-order valence-electron chi connectivity index (χ3n) is 11.1. The summed E-state index contributed by atoms with van der Waals surface area (Å²) in [6, 6.07) is 26.0. The Kier molecular flexibility index (Phi) is 8.22. The van der Waals surface area contributed by atoms with Crippen LogP contribution in [0.5, 0.6) is 17.2 Å². The Labute approximate surface area is 312 Å². The maximum atomic E-state index is 15.5. The Morgan fingerprint density at radius 3 is 2.12 bits per heavy atom. The van der Waals surface area contributed by atoms with Crippen molar-refractivity contribution in [2.45, 2.75) is 24.2 Å². The SMILES string of the molecule is COc1cc(O)cc(OC)c1[C@H]1C2=CC[C@@H]3C(=O)N(c4ccc(I)cc4)C(=O)[C@@H]3[C@@H]2C[C@H]2C(=O)N(c3cccc(Cl)c3)C(=O)[C@@]12c1ccccc1. The maximum Gasteiger partial charge on any atom is 0.246 e. The summed E-state index contributed by atoms with van der Waals surface area (Å²) in [5.41, 5.74) is 1.11. The van der Waals surface area contributed by atoms with E-state index in [-0.39, 0.29) is 41.9 Å². The van der Waals surface area contributed by atoms with Gasteiger partial charge in [-0.25, -0.2) is 4.90 Å². The second kappa shape index (κ2) is 12.5. The average molecular weight is 815 g/mol. The highest BCUT2D eigenvalue weighted by Gasteiger charge is 2.71. The fraction of sp³-hybridized carbons (Fsp3) is 0.250. The summed E-state index contributed by atoms with van der Waals surface area (Å²) in [4.78, 5) is 61.6. The predicted octanol–water partition coefficient (Wildman–Crippen LogP) is 7.03. The lowest BCUT2D eigenvalue weighted by Gasteiger charge is -2.51. The van der Waals surface area contributed by atoms with Gasteiger partial charge in [0.1, 0.15) is 17.2 Å². The van der Waals surface area contributed by atoms with Gasteiger partial charge >= 0.3 is 0 Å². The van der Waals surface area contributed by atoms with E-state index in [1.54, 1.807) is 36.4 Å². The molecule has 6 atom stereocenters. The number of amides is 4. The lowest BCUT2D eigenvalue weighted by Crippen LogP contribution is -2.53. The average Bonchev–Trinajstić information content (AvgIpc) is 3.52. The van der Waals surface area contributed by atoms with Crippen LogP contribution in [0, 0.1) is 27.2 Å². The number of halogens is 2. The highest BCUT2D eigenvalue weighted by atomic mass is 127. The Morgan fingerprint density at radius 2 is 1.47 bits per heavy atom. The third-order valence-corrected chi connectivity index (χ3v) is 12.0. The number of hydrogen-bond acceptors (Lipinski definition) is 7. The molecule has 258 valence electrons. The minimum absolute atomic E-state index is 0.109. The Hall–Kier alpha value is -4.68. The van der Waals surface area contributed by atoms with Gasteiger partial charge in [-0.1, -0.05) is 59.6 Å². The molecule has 51 heavy (non-hydrogen) atoms. The molecule has 2 heterocycles. The van der Waals surface area contributed by atoms with Gasteiger partial charge in [0, 0.05) is 32.2 Å². The molecular weight excluding hydrogens is 783 g/mol. The number of fused-ring (bicyclic) bond motifs is 4. The van der Waals surface area contributed by atoms with Gasteiger partial charge in [-0.3, -0.25) is 24.1 Å². The van der Waals surface area contributed by atoms with Crippen molar-refractivity contribution >= 4 is 69.2 Å². The molecule has 0 spiro atoms. The normalized spacial score (nSPS) is 26.8. The van der Waals surface area contributed by atoms with Crippen molar-refractivity contribution in [3.8, 4) is 17.2 Å². The number of nitrogens with zero attached hydrogens (tertiary/aromatic N) is 2. The van der Waals surface area contributed by atoms with Crippen molar-refractivity contribution in [3.05, 3.63) is 122 Å². The van der Waals surface area contributed by atoms with Crippen molar-refractivity contribution in [2.24, 2.45) is 23.7 Å². The van der Waals surface area contributed by atoms with Crippen LogP contribution >= 0.6 is 34.2 Å². The standard InChI is InChI=1S/C40H32ClIN2O7/c1-50-31-18-26(45)19-32(51-2)34(31)35-27-15-16-28-33(38(48)43(36(28)46)24-13-11-23(42)12-14-24)29(27)20-30-37(47)44(25-10-6-9-22(41)17-25)39(49)40(30,35)21-7-4-3-5-8-21/h3-15,17-19,28-30,33,35,45H,16,20H2,1-2H3/t28-,29+,30-,33-,35+,40+/m0/s1. The first-order chi connectivity index (χ1) is 24.6. The van der Waals surface area contributed by atoms with E-state index in [9.17, 15) is 19.5 Å². The third kappa shape index (κ3) is 4.86. The molecule has 0 radical (unpaired) electrons. The van der Waals surface area contributed by atoms with E-state index in [2.05, 4.69) is 22.6 Å². The summed E-state index contributed by atoms with van der Waals surface area (Å²) in [7, 11) is 2.93. The molecule has 0 aromatic heterocycles. The van der Waals surface area contributed by atoms with Crippen LogP contribution in [-0.4, -0.2) is 43.0 Å². The summed E-state index contributed by atoms with van der Waals surface area (Å²) in [5.74, 6) is -4.96. The maximum absolute atomic E-state index is 15.5. The number of benzene rings is 4. The first-order valence-electron chi connectivity index (χ1n) is 16.6. The van der Waals surface area contributed by atoms with Crippen LogP contribution in [0.15, 0.2) is 103 Å². The fourth-order valence-electron chi connectivity index (χ4n) is 9.11. The summed E-state index contributed by atoms with van der Waals surface area (Å²) >= 11 is 8.59. The van der Waals surface area contributed by atoms with Crippen molar-refractivity contribution in [2.75, 3.05) is 24.0 Å². The van der Waals surface area contributed by atoms with Gasteiger partial charge in [0.15, 0.2) is 0 Å². The molecule has 4 aromatic rings. The molecule has 4 aliphatic rings. The number of allylic oxidation sites excluding steroid dienone is 2. The number of methoxy groups -OCH3 is 2. The second-order valence-corrected chi connectivity index (χ2v) is 15.0. The number of hydrogen-bond donors (Lipinski definition) is 1. The molecular formula is C40H32ClIN2O7. The van der Waals surface area contributed by atoms with Gasteiger partial charge in [0.05, 0.1) is 48.8 Å². The number of aromatic hydroxyl groups is 1. The van der Waals surface area contributed by atoms with E-state index >= 15 is 4.79 Å². The van der Waals surface area contributed by atoms with Gasteiger partial charge in [-0.15, -0.1) is 0 Å². The van der Waals surface area contributed by atoms with Gasteiger partial charge in [0.2, 0.25) is 23.6 Å². The quantitative estimate of drug-likeness (QED) is 0.126. The van der Waals surface area contributed by atoms with Crippen LogP contribution in [0.3, 0.4) is 0 Å². The van der Waals surface area contributed by atoms with Crippen molar-refractivity contribution < 1.29 is 33.8 Å². The number of ether oxygens (including phenoxy) is 2. The van der Waals surface area contributed by atoms with Crippen LogP contribution in [0.4, 0.5) is 11.4 Å². The van der Waals surface area contributed by atoms with Gasteiger partial charge in [-0.05, 0) is 89.4 Å². The number of carbonyl (C=O) groups is 4. The van der Waals surface area contributed by atoms with E-state index in [1.165, 1.54) is 36.2 Å². The van der Waals surface area contributed by atoms with Crippen molar-refractivity contribution in [1.82, 2.24) is 0 Å². The number of carbonyl (C=O) groups excluding carboxylic acids is 4. The summed E-state index contributed by atoms with van der Waals surface area (Å²) < 4.78 is 12.8. The molecule has 0 unspecified atom stereocenters. The number of imide groups is 2. The van der Waals surface area contributed by atoms with E-state index in [4.69, 9.17) is 21.1 Å². The van der Waals surface area contributed by atoms with Crippen LogP contribution in [-0.2, 0) is 24.6 Å². The zero-order valence-electron chi connectivity index (χ0n) is 27.6. The van der Waals surface area contributed by atoms with E-state index in [1.807, 2.05) is 48.5 Å². The molecule has 1 saturated carbocycles. The minimum atomic E-state index is -1.53. The largest absolute Gasteiger partial charge is 0.508 e. The molecule has 1 N–H and O–H groups in total. The molecule has 4 amide bonds. The summed E-state index contributed by atoms with van der Waals surface area (Å²) in [6.45, 7) is 0. The molecule has 11 heteroatoms. The topological polar surface area (TPSA) is 113 Å². The van der Waals surface area contributed by atoms with Crippen LogP contribution in [0.2, 0.25) is 5.02 Å². The first kappa shape index (κ1) is 33.5. The van der Waals surface area contributed by atoms with Crippen molar-refractivity contribution in [1.29, 1.82) is 0 Å². The minimum Gasteiger partial charge on any atom is -0.508 e. The number of rotatable bonds is 6. The fourth-order valence-corrected chi connectivity index (χ4v) is 9.66. The second-order valence-electron chi connectivity index (χ2n) is 13.3. The molecule has 2 saturated heterocycles. The highest BCUT2D eigenvalue weighted by Crippen LogP contribution is 2.66. The van der Waals surface area contributed by atoms with Gasteiger partial charge in [-0.2, -0.15) is 0 Å². The van der Waals surface area contributed by atoms with Crippen LogP contribution in [0.1, 0.15) is 29.9 Å². The smallest absolute Gasteiger partial charge is 0.246 e.